The summed E-state index contributed by atoms with van der Waals surface area (Å²) >= 11 is 0. The van der Waals surface area contributed by atoms with Crippen molar-refractivity contribution < 1.29 is 24.1 Å². The lowest BCUT2D eigenvalue weighted by atomic mass is 10.4. The van der Waals surface area contributed by atoms with Crippen LogP contribution in [0.3, 0.4) is 0 Å². The Bertz CT molecular complexity index is 210. The molecule has 0 aliphatic carbocycles. The van der Waals surface area contributed by atoms with E-state index in [1.165, 1.54) is 6.08 Å². The molecule has 5 nitrogen and oxygen atoms in total. The first-order valence-corrected chi connectivity index (χ1v) is 4.48. The minimum atomic E-state index is -0.969. The van der Waals surface area contributed by atoms with Gasteiger partial charge in [-0.2, -0.15) is 0 Å². The van der Waals surface area contributed by atoms with Gasteiger partial charge >= 0.3 is 5.97 Å². The summed E-state index contributed by atoms with van der Waals surface area (Å²) in [6.45, 7) is 1.63. The fourth-order valence-electron chi connectivity index (χ4n) is 0.648. The maximum Gasteiger partial charge on any atom is 0.328 e. The zero-order valence-electron chi connectivity index (χ0n) is 8.72. The van der Waals surface area contributed by atoms with E-state index in [1.807, 2.05) is 0 Å². The molecular weight excluding hydrogens is 200 g/mol. The molecule has 0 unspecified atom stereocenters. The number of carboxylic acids is 1. The van der Waals surface area contributed by atoms with E-state index in [4.69, 9.17) is 19.3 Å². The second-order valence-electron chi connectivity index (χ2n) is 2.52. The Labute approximate surface area is 88.9 Å². The van der Waals surface area contributed by atoms with E-state index in [9.17, 15) is 4.79 Å². The zero-order chi connectivity index (χ0) is 11.4. The molecule has 0 heterocycles. The van der Waals surface area contributed by atoms with Crippen LogP contribution in [-0.2, 0) is 19.0 Å². The molecule has 0 amide bonds. The number of methoxy groups -OCH3 is 1. The Morgan fingerprint density at radius 2 is 2.07 bits per heavy atom. The number of aliphatic carboxylic acids is 1. The maximum absolute atomic E-state index is 10.1. The monoisotopic (exact) mass is 216 g/mol. The van der Waals surface area contributed by atoms with Gasteiger partial charge in [-0.3, -0.25) is 0 Å². The van der Waals surface area contributed by atoms with Gasteiger partial charge in [0.2, 0.25) is 0 Å². The van der Waals surface area contributed by atoms with Gasteiger partial charge in [0.25, 0.3) is 0 Å². The standard InChI is InChI=1S/C10H16O5/c1-13-7-8-15-9-14-6-4-2-3-5-10(11)12/h2-5H,6-9H2,1H3,(H,11,12)/b4-2+,5-3+. The zero-order valence-corrected chi connectivity index (χ0v) is 8.72. The van der Waals surface area contributed by atoms with Crippen LogP contribution >= 0.6 is 0 Å². The van der Waals surface area contributed by atoms with Crippen LogP contribution in [0.5, 0.6) is 0 Å². The molecule has 0 saturated carbocycles. The van der Waals surface area contributed by atoms with E-state index >= 15 is 0 Å². The Kier molecular flexibility index (Phi) is 10.1. The van der Waals surface area contributed by atoms with E-state index in [0.29, 0.717) is 19.8 Å². The molecule has 0 aromatic rings. The van der Waals surface area contributed by atoms with E-state index in [1.54, 1.807) is 19.3 Å². The van der Waals surface area contributed by atoms with Crippen molar-refractivity contribution in [1.82, 2.24) is 0 Å². The van der Waals surface area contributed by atoms with Gasteiger partial charge in [-0.05, 0) is 0 Å². The molecule has 0 aromatic heterocycles. The van der Waals surface area contributed by atoms with Gasteiger partial charge in [0, 0.05) is 13.2 Å². The SMILES string of the molecule is COCCOCOC/C=C/C=C/C(=O)O. The molecule has 0 spiro atoms. The highest BCUT2D eigenvalue weighted by Crippen LogP contribution is 1.83. The van der Waals surface area contributed by atoms with Gasteiger partial charge in [0.15, 0.2) is 0 Å². The van der Waals surface area contributed by atoms with Crippen molar-refractivity contribution in [2.75, 3.05) is 33.7 Å². The van der Waals surface area contributed by atoms with Gasteiger partial charge in [0.05, 0.1) is 19.8 Å². The summed E-state index contributed by atoms with van der Waals surface area (Å²) in [5, 5.41) is 8.25. The minimum absolute atomic E-state index is 0.205. The number of rotatable bonds is 9. The van der Waals surface area contributed by atoms with Crippen LogP contribution in [0.15, 0.2) is 24.3 Å². The highest BCUT2D eigenvalue weighted by molar-refractivity contribution is 5.80. The lowest BCUT2D eigenvalue weighted by Crippen LogP contribution is -2.05. The van der Waals surface area contributed by atoms with Crippen molar-refractivity contribution in [3.05, 3.63) is 24.3 Å². The van der Waals surface area contributed by atoms with Crippen LogP contribution in [0.4, 0.5) is 0 Å². The lowest BCUT2D eigenvalue weighted by Gasteiger charge is -2.02. The average Bonchev–Trinajstić information content (AvgIpc) is 2.20. The molecule has 15 heavy (non-hydrogen) atoms. The van der Waals surface area contributed by atoms with Crippen molar-refractivity contribution in [3.8, 4) is 0 Å². The number of hydrogen-bond donors (Lipinski definition) is 1. The number of carboxylic acid groups (broad SMARTS) is 1. The van der Waals surface area contributed by atoms with Gasteiger partial charge in [0.1, 0.15) is 6.79 Å². The summed E-state index contributed by atoms with van der Waals surface area (Å²) in [7, 11) is 1.60. The third kappa shape index (κ3) is 12.8. The van der Waals surface area contributed by atoms with Gasteiger partial charge in [-0.1, -0.05) is 18.2 Å². The minimum Gasteiger partial charge on any atom is -0.478 e. The van der Waals surface area contributed by atoms with Crippen LogP contribution in [0.2, 0.25) is 0 Å². The molecule has 0 radical (unpaired) electrons. The van der Waals surface area contributed by atoms with Gasteiger partial charge < -0.3 is 19.3 Å². The summed E-state index contributed by atoms with van der Waals surface area (Å²) in [5.74, 6) is -0.969. The van der Waals surface area contributed by atoms with Gasteiger partial charge in [-0.25, -0.2) is 4.79 Å². The second-order valence-corrected chi connectivity index (χ2v) is 2.52. The second kappa shape index (κ2) is 10.9. The van der Waals surface area contributed by atoms with E-state index in [0.717, 1.165) is 6.08 Å². The Morgan fingerprint density at radius 1 is 1.27 bits per heavy atom. The van der Waals surface area contributed by atoms with Crippen LogP contribution in [-0.4, -0.2) is 44.8 Å². The Hall–Kier alpha value is -1.17. The topological polar surface area (TPSA) is 65.0 Å². The first kappa shape index (κ1) is 13.8. The Morgan fingerprint density at radius 3 is 2.73 bits per heavy atom. The van der Waals surface area contributed by atoms with Gasteiger partial charge in [-0.15, -0.1) is 0 Å². The largest absolute Gasteiger partial charge is 0.478 e. The molecule has 0 fully saturated rings. The molecule has 1 N–H and O–H groups in total. The molecule has 5 heteroatoms. The van der Waals surface area contributed by atoms with Crippen molar-refractivity contribution in [1.29, 1.82) is 0 Å². The first-order valence-electron chi connectivity index (χ1n) is 4.48. The third-order valence-electron chi connectivity index (χ3n) is 1.30. The molecule has 0 atom stereocenters. The molecule has 0 saturated heterocycles. The normalized spacial score (nSPS) is 11.5. The van der Waals surface area contributed by atoms with Crippen molar-refractivity contribution in [2.45, 2.75) is 0 Å². The highest BCUT2D eigenvalue weighted by Gasteiger charge is 1.85. The number of ether oxygens (including phenoxy) is 3. The number of allylic oxidation sites excluding steroid dienone is 2. The smallest absolute Gasteiger partial charge is 0.328 e. The molecule has 0 aromatic carbocycles. The highest BCUT2D eigenvalue weighted by atomic mass is 16.7. The van der Waals surface area contributed by atoms with E-state index in [2.05, 4.69) is 0 Å². The van der Waals surface area contributed by atoms with Crippen LogP contribution < -0.4 is 0 Å². The average molecular weight is 216 g/mol. The fourth-order valence-corrected chi connectivity index (χ4v) is 0.648. The number of carbonyl (C=O) groups is 1. The molecule has 0 aliphatic heterocycles. The summed E-state index contributed by atoms with van der Waals surface area (Å²) in [5.41, 5.74) is 0. The Balaban J connectivity index is 3.20. The summed E-state index contributed by atoms with van der Waals surface area (Å²) < 4.78 is 14.8. The van der Waals surface area contributed by atoms with E-state index < -0.39 is 5.97 Å². The third-order valence-corrected chi connectivity index (χ3v) is 1.30. The molecule has 86 valence electrons. The van der Waals surface area contributed by atoms with E-state index in [-0.39, 0.29) is 6.79 Å². The van der Waals surface area contributed by atoms with Crippen molar-refractivity contribution in [3.63, 3.8) is 0 Å². The molecule has 0 rings (SSSR count). The molecular formula is C10H16O5. The maximum atomic E-state index is 10.1. The summed E-state index contributed by atoms with van der Waals surface area (Å²) in [6.07, 6.45) is 5.77. The van der Waals surface area contributed by atoms with Crippen molar-refractivity contribution in [2.24, 2.45) is 0 Å². The summed E-state index contributed by atoms with van der Waals surface area (Å²) in [6, 6.07) is 0. The predicted molar refractivity (Wildman–Crippen MR) is 54.6 cm³/mol. The fraction of sp³-hybridized carbons (Fsp3) is 0.500. The molecule has 0 bridgehead atoms. The lowest BCUT2D eigenvalue weighted by molar-refractivity contribution is -0.131. The van der Waals surface area contributed by atoms with Crippen LogP contribution in [0.1, 0.15) is 0 Å². The quantitative estimate of drug-likeness (QED) is 0.267. The predicted octanol–water partition coefficient (Wildman–Crippen LogP) is 0.821. The number of hydrogen-bond acceptors (Lipinski definition) is 4. The first-order chi connectivity index (χ1) is 7.27. The molecule has 0 aliphatic rings. The van der Waals surface area contributed by atoms with Crippen LogP contribution in [0, 0.1) is 0 Å². The summed E-state index contributed by atoms with van der Waals surface area (Å²) in [4.78, 5) is 10.1. The van der Waals surface area contributed by atoms with Crippen molar-refractivity contribution >= 4 is 5.97 Å². The van der Waals surface area contributed by atoms with Crippen LogP contribution in [0.25, 0.3) is 0 Å².